The number of hydrogen-bond acceptors (Lipinski definition) is 5. The van der Waals surface area contributed by atoms with Crippen LogP contribution in [0.3, 0.4) is 0 Å². The van der Waals surface area contributed by atoms with Gasteiger partial charge < -0.3 is 19.7 Å². The minimum absolute atomic E-state index is 0. The second-order valence-corrected chi connectivity index (χ2v) is 9.00. The van der Waals surface area contributed by atoms with Gasteiger partial charge in [0.1, 0.15) is 6.61 Å². The number of halogens is 2. The lowest BCUT2D eigenvalue weighted by Gasteiger charge is -2.32. The topological polar surface area (TPSA) is 54.0 Å². The van der Waals surface area contributed by atoms with E-state index in [1.807, 2.05) is 18.2 Å². The summed E-state index contributed by atoms with van der Waals surface area (Å²) in [5, 5.41) is 3.21. The maximum Gasteiger partial charge on any atom is 0.220 e. The molecule has 0 bridgehead atoms. The Bertz CT molecular complexity index is 676. The standard InChI is InChI=1S/C24H39N3O3.2ClH/c1-19-4-8-21(9-5-19)25-24(28)11-7-20-6-10-22(23(18-20)29-3)30-17-16-27-14-12-26(2)13-15-27;;/h6,10,18-19,21H,4-5,7-9,11-17H2,1-3H3,(H,25,28);2*1H. The molecule has 6 nitrogen and oxygen atoms in total. The third-order valence-electron chi connectivity index (χ3n) is 6.51. The van der Waals surface area contributed by atoms with Crippen LogP contribution in [-0.4, -0.2) is 75.2 Å². The van der Waals surface area contributed by atoms with Gasteiger partial charge in [-0.1, -0.05) is 13.0 Å². The number of methoxy groups -OCH3 is 1. The first-order chi connectivity index (χ1) is 14.5. The number of amides is 1. The van der Waals surface area contributed by atoms with Gasteiger partial charge in [-0.25, -0.2) is 0 Å². The number of carbonyl (C=O) groups excluding carboxylic acids is 1. The quantitative estimate of drug-likeness (QED) is 0.571. The minimum Gasteiger partial charge on any atom is -0.493 e. The van der Waals surface area contributed by atoms with Gasteiger partial charge in [-0.05, 0) is 62.8 Å². The third-order valence-corrected chi connectivity index (χ3v) is 6.51. The Morgan fingerprint density at radius 2 is 1.75 bits per heavy atom. The predicted molar refractivity (Wildman–Crippen MR) is 135 cm³/mol. The number of carbonyl (C=O) groups is 1. The molecule has 1 heterocycles. The lowest BCUT2D eigenvalue weighted by Crippen LogP contribution is -2.45. The first kappa shape index (κ1) is 28.8. The maximum absolute atomic E-state index is 12.3. The molecule has 0 atom stereocenters. The van der Waals surface area contributed by atoms with Gasteiger partial charge in [0.25, 0.3) is 0 Å². The Morgan fingerprint density at radius 1 is 1.06 bits per heavy atom. The molecule has 32 heavy (non-hydrogen) atoms. The number of ether oxygens (including phenoxy) is 2. The maximum atomic E-state index is 12.3. The Kier molecular flexibility index (Phi) is 13.4. The van der Waals surface area contributed by atoms with Crippen LogP contribution in [0.25, 0.3) is 0 Å². The Morgan fingerprint density at radius 3 is 2.41 bits per heavy atom. The molecule has 0 aromatic heterocycles. The number of hydrogen-bond donors (Lipinski definition) is 1. The second-order valence-electron chi connectivity index (χ2n) is 9.00. The van der Waals surface area contributed by atoms with Crippen LogP contribution in [0.15, 0.2) is 18.2 Å². The SMILES string of the molecule is COc1cc(CCC(=O)NC2CCC(C)CC2)ccc1OCCN1CCN(C)CC1.Cl.Cl. The highest BCUT2D eigenvalue weighted by molar-refractivity contribution is 5.85. The molecule has 0 spiro atoms. The molecular formula is C24H41Cl2N3O3. The summed E-state index contributed by atoms with van der Waals surface area (Å²) in [6.45, 7) is 8.30. The Balaban J connectivity index is 0.00000256. The minimum atomic E-state index is 0. The normalized spacial score (nSPS) is 21.7. The predicted octanol–water partition coefficient (Wildman–Crippen LogP) is 3.79. The van der Waals surface area contributed by atoms with Crippen molar-refractivity contribution in [1.82, 2.24) is 15.1 Å². The van der Waals surface area contributed by atoms with Crippen molar-refractivity contribution in [3.8, 4) is 11.5 Å². The van der Waals surface area contributed by atoms with Crippen LogP contribution in [0, 0.1) is 5.92 Å². The van der Waals surface area contributed by atoms with Gasteiger partial charge in [-0.3, -0.25) is 9.69 Å². The lowest BCUT2D eigenvalue weighted by molar-refractivity contribution is -0.122. The number of nitrogens with zero attached hydrogens (tertiary/aromatic N) is 2. The van der Waals surface area contributed by atoms with Crippen molar-refractivity contribution in [2.45, 2.75) is 51.5 Å². The summed E-state index contributed by atoms with van der Waals surface area (Å²) in [5.74, 6) is 2.47. The fraction of sp³-hybridized carbons (Fsp3) is 0.708. The zero-order valence-corrected chi connectivity index (χ0v) is 21.4. The van der Waals surface area contributed by atoms with Crippen molar-refractivity contribution in [3.63, 3.8) is 0 Å². The van der Waals surface area contributed by atoms with Gasteiger partial charge in [-0.2, -0.15) is 0 Å². The zero-order chi connectivity index (χ0) is 21.3. The lowest BCUT2D eigenvalue weighted by atomic mass is 9.87. The first-order valence-electron chi connectivity index (χ1n) is 11.5. The summed E-state index contributed by atoms with van der Waals surface area (Å²) in [6, 6.07) is 6.38. The molecule has 8 heteroatoms. The van der Waals surface area contributed by atoms with E-state index in [0.717, 1.165) is 68.5 Å². The van der Waals surface area contributed by atoms with E-state index in [0.29, 0.717) is 25.5 Å². The molecule has 3 rings (SSSR count). The number of aryl methyl sites for hydroxylation is 1. The van der Waals surface area contributed by atoms with E-state index in [2.05, 4.69) is 29.1 Å². The van der Waals surface area contributed by atoms with Gasteiger partial charge in [0.15, 0.2) is 11.5 Å². The van der Waals surface area contributed by atoms with Gasteiger partial charge in [0.05, 0.1) is 7.11 Å². The number of piperazine rings is 1. The Labute approximate surface area is 206 Å². The molecule has 1 saturated carbocycles. The fourth-order valence-corrected chi connectivity index (χ4v) is 4.31. The summed E-state index contributed by atoms with van der Waals surface area (Å²) in [5.41, 5.74) is 1.10. The van der Waals surface area contributed by atoms with Crippen LogP contribution in [0.5, 0.6) is 11.5 Å². The van der Waals surface area contributed by atoms with E-state index in [1.54, 1.807) is 7.11 Å². The van der Waals surface area contributed by atoms with Crippen molar-refractivity contribution in [2.75, 3.05) is 53.5 Å². The van der Waals surface area contributed by atoms with Gasteiger partial charge in [-0.15, -0.1) is 24.8 Å². The molecule has 1 aromatic carbocycles. The highest BCUT2D eigenvalue weighted by Crippen LogP contribution is 2.29. The zero-order valence-electron chi connectivity index (χ0n) is 19.8. The monoisotopic (exact) mass is 489 g/mol. The Hall–Kier alpha value is -1.21. The average Bonchev–Trinajstić information content (AvgIpc) is 2.76. The van der Waals surface area contributed by atoms with Crippen LogP contribution in [0.2, 0.25) is 0 Å². The van der Waals surface area contributed by atoms with Crippen molar-refractivity contribution in [3.05, 3.63) is 23.8 Å². The van der Waals surface area contributed by atoms with Crippen LogP contribution in [0.1, 0.15) is 44.6 Å². The highest BCUT2D eigenvalue weighted by atomic mass is 35.5. The van der Waals surface area contributed by atoms with Gasteiger partial charge in [0, 0.05) is 45.2 Å². The molecule has 1 aliphatic carbocycles. The molecule has 0 radical (unpaired) electrons. The summed E-state index contributed by atoms with van der Waals surface area (Å²) in [6.07, 6.45) is 5.89. The molecule has 1 saturated heterocycles. The molecule has 0 unspecified atom stereocenters. The van der Waals surface area contributed by atoms with E-state index in [4.69, 9.17) is 9.47 Å². The van der Waals surface area contributed by atoms with Crippen LogP contribution >= 0.6 is 24.8 Å². The smallest absolute Gasteiger partial charge is 0.220 e. The molecular weight excluding hydrogens is 449 g/mol. The average molecular weight is 491 g/mol. The molecule has 1 aromatic rings. The van der Waals surface area contributed by atoms with E-state index >= 15 is 0 Å². The van der Waals surface area contributed by atoms with E-state index in [9.17, 15) is 4.79 Å². The molecule has 2 aliphatic rings. The fourth-order valence-electron chi connectivity index (χ4n) is 4.31. The van der Waals surface area contributed by atoms with Crippen molar-refractivity contribution in [2.24, 2.45) is 5.92 Å². The number of rotatable bonds is 9. The third kappa shape index (κ3) is 9.34. The largest absolute Gasteiger partial charge is 0.493 e. The molecule has 1 N–H and O–H groups in total. The van der Waals surface area contributed by atoms with E-state index in [1.165, 1.54) is 12.8 Å². The highest BCUT2D eigenvalue weighted by Gasteiger charge is 2.19. The van der Waals surface area contributed by atoms with E-state index < -0.39 is 0 Å². The summed E-state index contributed by atoms with van der Waals surface area (Å²) in [4.78, 5) is 17.1. The second kappa shape index (κ2) is 14.8. The summed E-state index contributed by atoms with van der Waals surface area (Å²) < 4.78 is 11.5. The van der Waals surface area contributed by atoms with Crippen LogP contribution < -0.4 is 14.8 Å². The number of nitrogens with one attached hydrogen (secondary N) is 1. The number of likely N-dealkylation sites (N-methyl/N-ethyl adjacent to an activating group) is 1. The molecule has 2 fully saturated rings. The van der Waals surface area contributed by atoms with Crippen molar-refractivity contribution >= 4 is 30.7 Å². The van der Waals surface area contributed by atoms with Gasteiger partial charge >= 0.3 is 0 Å². The molecule has 184 valence electrons. The van der Waals surface area contributed by atoms with Crippen molar-refractivity contribution in [1.29, 1.82) is 0 Å². The van der Waals surface area contributed by atoms with Gasteiger partial charge in [0.2, 0.25) is 5.91 Å². The number of benzene rings is 1. The molecule has 1 aliphatic heterocycles. The summed E-state index contributed by atoms with van der Waals surface area (Å²) >= 11 is 0. The van der Waals surface area contributed by atoms with Crippen LogP contribution in [0.4, 0.5) is 0 Å². The molecule has 1 amide bonds. The van der Waals surface area contributed by atoms with Crippen LogP contribution in [-0.2, 0) is 11.2 Å². The summed E-state index contributed by atoms with van der Waals surface area (Å²) in [7, 11) is 3.84. The first-order valence-corrected chi connectivity index (χ1v) is 11.5. The van der Waals surface area contributed by atoms with E-state index in [-0.39, 0.29) is 30.7 Å². The van der Waals surface area contributed by atoms with Crippen molar-refractivity contribution < 1.29 is 14.3 Å².